The number of halogens is 2. The second-order valence-electron chi connectivity index (χ2n) is 10.6. The molecule has 2 aromatic heterocycles. The molecule has 9 nitrogen and oxygen atoms in total. The van der Waals surface area contributed by atoms with Crippen molar-refractivity contribution in [2.75, 3.05) is 56.2 Å². The van der Waals surface area contributed by atoms with Gasteiger partial charge in [0.25, 0.3) is 6.43 Å². The van der Waals surface area contributed by atoms with Gasteiger partial charge >= 0.3 is 0 Å². The smallest absolute Gasteiger partial charge is 0.296 e. The van der Waals surface area contributed by atoms with Gasteiger partial charge in [0.1, 0.15) is 11.6 Å². The topological polar surface area (TPSA) is 91.6 Å². The Hall–Kier alpha value is -2.89. The van der Waals surface area contributed by atoms with E-state index in [0.717, 1.165) is 51.7 Å². The average molecular weight is 528 g/mol. The maximum absolute atomic E-state index is 14.1. The SMILES string of the molecule is OC1CCN(C2CCC(CNc3nc(N4CCOCC4)cc(-n4c(C(F)F)nc5ccccc54)n3)CC2)C1. The number of ether oxygens (including phenoxy) is 1. The number of para-hydroxylation sites is 2. The number of morpholine rings is 1. The number of rotatable bonds is 7. The fraction of sp³-hybridized carbons (Fsp3) is 0.593. The number of aliphatic hydroxyl groups excluding tert-OH is 1. The van der Waals surface area contributed by atoms with Crippen molar-refractivity contribution in [3.8, 4) is 5.82 Å². The summed E-state index contributed by atoms with van der Waals surface area (Å²) in [5.41, 5.74) is 1.09. The highest BCUT2D eigenvalue weighted by Crippen LogP contribution is 2.31. The van der Waals surface area contributed by atoms with Crippen LogP contribution >= 0.6 is 0 Å². The predicted molar refractivity (Wildman–Crippen MR) is 141 cm³/mol. The van der Waals surface area contributed by atoms with Gasteiger partial charge in [-0.05, 0) is 50.2 Å². The van der Waals surface area contributed by atoms with Crippen LogP contribution in [-0.4, -0.2) is 87.6 Å². The van der Waals surface area contributed by atoms with Crippen LogP contribution in [0.15, 0.2) is 30.3 Å². The number of nitrogens with zero attached hydrogens (tertiary/aromatic N) is 6. The molecule has 38 heavy (non-hydrogen) atoms. The molecule has 1 aliphatic carbocycles. The first-order valence-corrected chi connectivity index (χ1v) is 13.7. The zero-order chi connectivity index (χ0) is 26.1. The summed E-state index contributed by atoms with van der Waals surface area (Å²) in [5, 5.41) is 13.3. The lowest BCUT2D eigenvalue weighted by atomic mass is 9.85. The van der Waals surface area contributed by atoms with Crippen LogP contribution in [-0.2, 0) is 4.74 Å². The van der Waals surface area contributed by atoms with Crippen molar-refractivity contribution in [1.82, 2.24) is 24.4 Å². The monoisotopic (exact) mass is 527 g/mol. The molecule has 1 saturated carbocycles. The molecule has 4 heterocycles. The molecule has 3 fully saturated rings. The van der Waals surface area contributed by atoms with Gasteiger partial charge in [-0.2, -0.15) is 9.97 Å². The first-order valence-electron chi connectivity index (χ1n) is 13.7. The number of aromatic nitrogens is 4. The van der Waals surface area contributed by atoms with Gasteiger partial charge < -0.3 is 20.1 Å². The number of likely N-dealkylation sites (tertiary alicyclic amines) is 1. The summed E-state index contributed by atoms with van der Waals surface area (Å²) in [4.78, 5) is 18.2. The van der Waals surface area contributed by atoms with E-state index in [-0.39, 0.29) is 11.9 Å². The van der Waals surface area contributed by atoms with E-state index in [9.17, 15) is 13.9 Å². The molecule has 1 unspecified atom stereocenters. The number of aliphatic hydroxyl groups is 1. The highest BCUT2D eigenvalue weighted by Gasteiger charge is 2.30. The lowest BCUT2D eigenvalue weighted by Crippen LogP contribution is -2.38. The number of anilines is 2. The Labute approximate surface area is 220 Å². The van der Waals surface area contributed by atoms with Crippen LogP contribution in [0.1, 0.15) is 44.4 Å². The molecule has 0 bridgehead atoms. The van der Waals surface area contributed by atoms with Crippen LogP contribution in [0.25, 0.3) is 16.9 Å². The fourth-order valence-corrected chi connectivity index (χ4v) is 6.05. The number of β-amino-alcohol motifs (C(OH)–C–C–N with tert-alkyl or cyclic N) is 1. The van der Waals surface area contributed by atoms with E-state index in [0.29, 0.717) is 66.9 Å². The number of imidazole rings is 1. The summed E-state index contributed by atoms with van der Waals surface area (Å²) in [7, 11) is 0. The van der Waals surface area contributed by atoms with E-state index >= 15 is 0 Å². The van der Waals surface area contributed by atoms with Gasteiger partial charge in [0.05, 0.1) is 30.4 Å². The Balaban J connectivity index is 1.24. The van der Waals surface area contributed by atoms with Crippen molar-refractivity contribution in [2.45, 2.75) is 50.7 Å². The molecule has 0 amide bonds. The Bertz CT molecular complexity index is 1240. The number of alkyl halides is 2. The minimum absolute atomic E-state index is 0.183. The molecule has 6 rings (SSSR count). The van der Waals surface area contributed by atoms with Crippen molar-refractivity contribution in [1.29, 1.82) is 0 Å². The molecule has 0 radical (unpaired) electrons. The minimum atomic E-state index is -2.74. The number of benzene rings is 1. The predicted octanol–water partition coefficient (Wildman–Crippen LogP) is 3.63. The summed E-state index contributed by atoms with van der Waals surface area (Å²) < 4.78 is 35.1. The van der Waals surface area contributed by atoms with E-state index in [4.69, 9.17) is 14.7 Å². The van der Waals surface area contributed by atoms with Crippen molar-refractivity contribution >= 4 is 22.8 Å². The molecule has 204 valence electrons. The number of nitrogens with one attached hydrogen (secondary N) is 1. The molecular weight excluding hydrogens is 492 g/mol. The van der Waals surface area contributed by atoms with Crippen LogP contribution in [0.4, 0.5) is 20.5 Å². The molecule has 2 N–H and O–H groups in total. The number of hydrogen-bond acceptors (Lipinski definition) is 8. The first-order chi connectivity index (χ1) is 18.5. The highest BCUT2D eigenvalue weighted by molar-refractivity contribution is 5.78. The number of fused-ring (bicyclic) bond motifs is 1. The molecule has 1 atom stereocenters. The van der Waals surface area contributed by atoms with Crippen LogP contribution in [0, 0.1) is 5.92 Å². The number of hydrogen-bond donors (Lipinski definition) is 2. The zero-order valence-corrected chi connectivity index (χ0v) is 21.5. The summed E-state index contributed by atoms with van der Waals surface area (Å²) in [6, 6.07) is 9.46. The average Bonchev–Trinajstić information content (AvgIpc) is 3.56. The van der Waals surface area contributed by atoms with E-state index in [2.05, 4.69) is 20.1 Å². The maximum atomic E-state index is 14.1. The van der Waals surface area contributed by atoms with E-state index in [1.165, 1.54) is 4.57 Å². The highest BCUT2D eigenvalue weighted by atomic mass is 19.3. The van der Waals surface area contributed by atoms with Gasteiger partial charge in [0.15, 0.2) is 5.82 Å². The molecular formula is C27H35F2N7O2. The third-order valence-corrected chi connectivity index (χ3v) is 8.12. The normalized spacial score (nSPS) is 24.9. The Morgan fingerprint density at radius 2 is 1.74 bits per heavy atom. The second kappa shape index (κ2) is 11.1. The van der Waals surface area contributed by atoms with E-state index in [1.807, 2.05) is 6.07 Å². The summed E-state index contributed by atoms with van der Waals surface area (Å²) in [6.07, 6.45) is 2.39. The Morgan fingerprint density at radius 1 is 0.974 bits per heavy atom. The second-order valence-corrected chi connectivity index (χ2v) is 10.6. The molecule has 1 aromatic carbocycles. The van der Waals surface area contributed by atoms with Gasteiger partial charge in [-0.15, -0.1) is 0 Å². The van der Waals surface area contributed by atoms with Gasteiger partial charge in [0, 0.05) is 44.8 Å². The lowest BCUT2D eigenvalue weighted by Gasteiger charge is -2.34. The molecule has 0 spiro atoms. The minimum Gasteiger partial charge on any atom is -0.392 e. The molecule has 2 aliphatic heterocycles. The van der Waals surface area contributed by atoms with Gasteiger partial charge in [-0.3, -0.25) is 9.47 Å². The Kier molecular flexibility index (Phi) is 7.40. The lowest BCUT2D eigenvalue weighted by molar-refractivity contribution is 0.122. The third-order valence-electron chi connectivity index (χ3n) is 8.12. The van der Waals surface area contributed by atoms with Crippen molar-refractivity contribution in [3.05, 3.63) is 36.2 Å². The van der Waals surface area contributed by atoms with Crippen LogP contribution < -0.4 is 10.2 Å². The van der Waals surface area contributed by atoms with Gasteiger partial charge in [-0.25, -0.2) is 13.8 Å². The van der Waals surface area contributed by atoms with Gasteiger partial charge in [0.2, 0.25) is 5.95 Å². The fourth-order valence-electron chi connectivity index (χ4n) is 6.05. The molecule has 11 heteroatoms. The first kappa shape index (κ1) is 25.4. The summed E-state index contributed by atoms with van der Waals surface area (Å²) >= 11 is 0. The third kappa shape index (κ3) is 5.32. The van der Waals surface area contributed by atoms with E-state index < -0.39 is 6.43 Å². The van der Waals surface area contributed by atoms with Crippen LogP contribution in [0.5, 0.6) is 0 Å². The quantitative estimate of drug-likeness (QED) is 0.482. The van der Waals surface area contributed by atoms with Crippen molar-refractivity contribution in [2.24, 2.45) is 5.92 Å². The standard InChI is InChI=1S/C27H35F2N7O2/c28-25(29)26-31-21-3-1-2-4-22(21)36(26)24-15-23(34-11-13-38-14-12-34)32-27(33-24)30-16-18-5-7-19(8-6-18)35-10-9-20(37)17-35/h1-4,15,18-20,25,37H,5-14,16-17H2,(H,30,32,33). The molecule has 3 aliphatic rings. The largest absolute Gasteiger partial charge is 0.392 e. The summed E-state index contributed by atoms with van der Waals surface area (Å²) in [6.45, 7) is 5.05. The maximum Gasteiger partial charge on any atom is 0.296 e. The van der Waals surface area contributed by atoms with E-state index in [1.54, 1.807) is 24.3 Å². The molecule has 3 aromatic rings. The van der Waals surface area contributed by atoms with Gasteiger partial charge in [-0.1, -0.05) is 12.1 Å². The van der Waals surface area contributed by atoms with Crippen molar-refractivity contribution < 1.29 is 18.6 Å². The van der Waals surface area contributed by atoms with Crippen molar-refractivity contribution in [3.63, 3.8) is 0 Å². The zero-order valence-electron chi connectivity index (χ0n) is 21.5. The summed E-state index contributed by atoms with van der Waals surface area (Å²) in [5.74, 6) is 1.67. The molecule has 2 saturated heterocycles. The van der Waals surface area contributed by atoms with Crippen LogP contribution in [0.3, 0.4) is 0 Å². The Morgan fingerprint density at radius 3 is 2.47 bits per heavy atom. The van der Waals surface area contributed by atoms with Crippen LogP contribution in [0.2, 0.25) is 0 Å².